The van der Waals surface area contributed by atoms with E-state index in [0.717, 1.165) is 0 Å². The summed E-state index contributed by atoms with van der Waals surface area (Å²) in [6.07, 6.45) is 2.50. The average Bonchev–Trinajstić information content (AvgIpc) is 2.20. The highest BCUT2D eigenvalue weighted by Crippen LogP contribution is 2.02. The monoisotopic (exact) mass is 226 g/mol. The number of phenols is 1. The van der Waals surface area contributed by atoms with E-state index in [9.17, 15) is 0 Å². The SMILES string of the molecule is CCC.CCC.OB(O)c1ccc(O)cc1. The molecule has 0 atom stereocenters. The summed E-state index contributed by atoms with van der Waals surface area (Å²) in [7, 11) is -1.46. The van der Waals surface area contributed by atoms with E-state index in [1.54, 1.807) is 0 Å². The van der Waals surface area contributed by atoms with Crippen LogP contribution < -0.4 is 5.46 Å². The summed E-state index contributed by atoms with van der Waals surface area (Å²) in [5, 5.41) is 26.0. The van der Waals surface area contributed by atoms with Crippen LogP contribution in [0.4, 0.5) is 0 Å². The quantitative estimate of drug-likeness (QED) is 0.641. The van der Waals surface area contributed by atoms with Crippen molar-refractivity contribution in [3.05, 3.63) is 24.3 Å². The number of hydrogen-bond acceptors (Lipinski definition) is 3. The Morgan fingerprint density at radius 1 is 0.875 bits per heavy atom. The van der Waals surface area contributed by atoms with Crippen LogP contribution in [0.15, 0.2) is 24.3 Å². The van der Waals surface area contributed by atoms with E-state index in [-0.39, 0.29) is 5.75 Å². The molecule has 0 saturated carbocycles. The molecule has 4 heteroatoms. The standard InChI is InChI=1S/C6H7BO3.2C3H8/c8-6-3-1-5(2-4-6)7(9)10;2*1-3-2/h1-4,8-10H;2*3H2,1-2H3. The van der Waals surface area contributed by atoms with Gasteiger partial charge in [-0.2, -0.15) is 0 Å². The summed E-state index contributed by atoms with van der Waals surface area (Å²) < 4.78 is 0. The van der Waals surface area contributed by atoms with E-state index >= 15 is 0 Å². The minimum Gasteiger partial charge on any atom is -0.508 e. The normalized spacial score (nSPS) is 8.12. The molecule has 92 valence electrons. The van der Waals surface area contributed by atoms with Crippen LogP contribution in [0.1, 0.15) is 40.5 Å². The van der Waals surface area contributed by atoms with Gasteiger partial charge < -0.3 is 15.2 Å². The Labute approximate surface area is 98.9 Å². The van der Waals surface area contributed by atoms with Gasteiger partial charge in [0.2, 0.25) is 0 Å². The van der Waals surface area contributed by atoms with Crippen molar-refractivity contribution in [1.82, 2.24) is 0 Å². The van der Waals surface area contributed by atoms with Crippen molar-refractivity contribution < 1.29 is 15.2 Å². The smallest absolute Gasteiger partial charge is 0.488 e. The van der Waals surface area contributed by atoms with E-state index in [0.29, 0.717) is 5.46 Å². The molecule has 0 heterocycles. The van der Waals surface area contributed by atoms with Crippen LogP contribution in [0.5, 0.6) is 5.75 Å². The lowest BCUT2D eigenvalue weighted by Gasteiger charge is -1.96. The molecule has 0 aliphatic rings. The Kier molecular flexibility index (Phi) is 13.1. The molecule has 0 aliphatic carbocycles. The maximum absolute atomic E-state index is 8.78. The van der Waals surface area contributed by atoms with Gasteiger partial charge in [0.25, 0.3) is 0 Å². The molecule has 1 aromatic carbocycles. The van der Waals surface area contributed by atoms with Crippen LogP contribution in [0.25, 0.3) is 0 Å². The van der Waals surface area contributed by atoms with Gasteiger partial charge in [-0.05, 0) is 17.6 Å². The summed E-state index contributed by atoms with van der Waals surface area (Å²) >= 11 is 0. The summed E-state index contributed by atoms with van der Waals surface area (Å²) in [4.78, 5) is 0. The second-order valence-electron chi connectivity index (χ2n) is 3.38. The van der Waals surface area contributed by atoms with Crippen molar-refractivity contribution in [3.63, 3.8) is 0 Å². The van der Waals surface area contributed by atoms with Gasteiger partial charge in [-0.25, -0.2) is 0 Å². The molecule has 0 amide bonds. The van der Waals surface area contributed by atoms with E-state index in [4.69, 9.17) is 15.2 Å². The number of phenolic OH excluding ortho intramolecular Hbond substituents is 1. The highest BCUT2D eigenvalue weighted by atomic mass is 16.4. The summed E-state index contributed by atoms with van der Waals surface area (Å²) in [6, 6.07) is 5.68. The molecule has 3 nitrogen and oxygen atoms in total. The topological polar surface area (TPSA) is 60.7 Å². The fourth-order valence-corrected chi connectivity index (χ4v) is 0.646. The zero-order valence-corrected chi connectivity index (χ0v) is 10.6. The van der Waals surface area contributed by atoms with Crippen LogP contribution in [0.3, 0.4) is 0 Å². The molecule has 3 N–H and O–H groups in total. The molecule has 0 unspecified atom stereocenters. The number of aromatic hydroxyl groups is 1. The van der Waals surface area contributed by atoms with Crippen molar-refractivity contribution in [2.45, 2.75) is 40.5 Å². The van der Waals surface area contributed by atoms with Crippen LogP contribution in [-0.4, -0.2) is 22.3 Å². The second kappa shape index (κ2) is 12.1. The lowest BCUT2D eigenvalue weighted by molar-refractivity contribution is 0.425. The first kappa shape index (κ1) is 17.4. The zero-order chi connectivity index (χ0) is 13.0. The van der Waals surface area contributed by atoms with Crippen molar-refractivity contribution in [1.29, 1.82) is 0 Å². The molecule has 1 aromatic rings. The van der Waals surface area contributed by atoms with E-state index in [2.05, 4.69) is 27.7 Å². The minimum absolute atomic E-state index is 0.115. The van der Waals surface area contributed by atoms with Crippen molar-refractivity contribution in [2.75, 3.05) is 0 Å². The Morgan fingerprint density at radius 3 is 1.44 bits per heavy atom. The molecule has 1 rings (SSSR count). The predicted octanol–water partition coefficient (Wildman–Crippen LogP) is 1.90. The molecule has 0 aromatic heterocycles. The average molecular weight is 226 g/mol. The van der Waals surface area contributed by atoms with Gasteiger partial charge in [0.1, 0.15) is 5.75 Å². The van der Waals surface area contributed by atoms with Crippen molar-refractivity contribution in [2.24, 2.45) is 0 Å². The molecule has 0 aliphatic heterocycles. The Bertz CT molecular complexity index is 233. The van der Waals surface area contributed by atoms with Gasteiger partial charge in [0.15, 0.2) is 0 Å². The molecular weight excluding hydrogens is 203 g/mol. The zero-order valence-electron chi connectivity index (χ0n) is 10.6. The Morgan fingerprint density at radius 2 is 1.19 bits per heavy atom. The Balaban J connectivity index is 0. The molecule has 16 heavy (non-hydrogen) atoms. The molecule has 0 fully saturated rings. The number of hydrogen-bond donors (Lipinski definition) is 3. The predicted molar refractivity (Wildman–Crippen MR) is 69.9 cm³/mol. The largest absolute Gasteiger partial charge is 0.508 e. The Hall–Kier alpha value is -0.995. The van der Waals surface area contributed by atoms with Gasteiger partial charge in [-0.15, -0.1) is 0 Å². The summed E-state index contributed by atoms with van der Waals surface area (Å²) in [5.74, 6) is 0.115. The van der Waals surface area contributed by atoms with Gasteiger partial charge in [-0.3, -0.25) is 0 Å². The van der Waals surface area contributed by atoms with Gasteiger partial charge >= 0.3 is 7.12 Å². The third-order valence-electron chi connectivity index (χ3n) is 1.19. The third kappa shape index (κ3) is 11.1. The summed E-state index contributed by atoms with van der Waals surface area (Å²) in [5.41, 5.74) is 0.373. The number of benzene rings is 1. The summed E-state index contributed by atoms with van der Waals surface area (Å²) in [6.45, 7) is 8.50. The lowest BCUT2D eigenvalue weighted by atomic mass is 9.80. The van der Waals surface area contributed by atoms with E-state index < -0.39 is 7.12 Å². The van der Waals surface area contributed by atoms with Gasteiger partial charge in [0, 0.05) is 0 Å². The van der Waals surface area contributed by atoms with Crippen LogP contribution in [0, 0.1) is 0 Å². The van der Waals surface area contributed by atoms with Gasteiger partial charge in [-0.1, -0.05) is 52.7 Å². The van der Waals surface area contributed by atoms with Gasteiger partial charge in [0.05, 0.1) is 0 Å². The fourth-order valence-electron chi connectivity index (χ4n) is 0.646. The number of rotatable bonds is 1. The first-order chi connectivity index (χ1) is 7.53. The highest BCUT2D eigenvalue weighted by Gasteiger charge is 2.08. The van der Waals surface area contributed by atoms with Crippen LogP contribution in [0.2, 0.25) is 0 Å². The van der Waals surface area contributed by atoms with Crippen LogP contribution >= 0.6 is 0 Å². The maximum Gasteiger partial charge on any atom is 0.488 e. The van der Waals surface area contributed by atoms with Crippen molar-refractivity contribution in [3.8, 4) is 5.75 Å². The maximum atomic E-state index is 8.78. The lowest BCUT2D eigenvalue weighted by Crippen LogP contribution is -2.29. The molecule has 0 saturated heterocycles. The highest BCUT2D eigenvalue weighted by molar-refractivity contribution is 6.58. The molecular formula is C12H23BO3. The fraction of sp³-hybridized carbons (Fsp3) is 0.500. The second-order valence-corrected chi connectivity index (χ2v) is 3.38. The first-order valence-electron chi connectivity index (χ1n) is 5.68. The molecule has 0 radical (unpaired) electrons. The van der Waals surface area contributed by atoms with E-state index in [1.807, 2.05) is 0 Å². The van der Waals surface area contributed by atoms with Crippen LogP contribution in [-0.2, 0) is 0 Å². The van der Waals surface area contributed by atoms with E-state index in [1.165, 1.54) is 37.1 Å². The first-order valence-corrected chi connectivity index (χ1v) is 5.68. The third-order valence-corrected chi connectivity index (χ3v) is 1.19. The molecule has 0 spiro atoms. The molecule has 0 bridgehead atoms. The van der Waals surface area contributed by atoms with Crippen molar-refractivity contribution >= 4 is 12.6 Å². The minimum atomic E-state index is -1.46.